The molecule has 1 aromatic carbocycles. The number of anilines is 1. The van der Waals surface area contributed by atoms with E-state index in [4.69, 9.17) is 47.5 Å². The van der Waals surface area contributed by atoms with E-state index in [1.807, 2.05) is 53.7 Å². The van der Waals surface area contributed by atoms with Crippen LogP contribution in [0.4, 0.5) is 5.69 Å². The highest BCUT2D eigenvalue weighted by Crippen LogP contribution is 2.19. The first-order valence-corrected chi connectivity index (χ1v) is 19.7. The minimum Gasteiger partial charge on any atom is -0.399 e. The van der Waals surface area contributed by atoms with Gasteiger partial charge in [0.2, 0.25) is 0 Å². The monoisotopic (exact) mass is 622 g/mol. The molecule has 1 aliphatic heterocycles. The first-order valence-electron chi connectivity index (χ1n) is 14.8. The first kappa shape index (κ1) is 39.3. The molecule has 0 bridgehead atoms. The van der Waals surface area contributed by atoms with Gasteiger partial charge in [-0.2, -0.15) is 0 Å². The SMILES string of the molecule is CCO[Si](CCCN)(OCC)OCC.CCO[Si](CCCOCC1CO1)(OCC)OCC.Nc1ccc([SiH3])cc1. The number of hydrogen-bond donors (Lipinski definition) is 2. The molecule has 0 saturated carbocycles. The molecule has 1 saturated heterocycles. The van der Waals surface area contributed by atoms with Crippen molar-refractivity contribution in [2.24, 2.45) is 5.73 Å². The van der Waals surface area contributed by atoms with E-state index in [0.717, 1.165) is 47.5 Å². The maximum Gasteiger partial charge on any atom is 0.501 e. The van der Waals surface area contributed by atoms with Crippen LogP contribution in [0.5, 0.6) is 0 Å². The van der Waals surface area contributed by atoms with Crippen molar-refractivity contribution in [2.75, 3.05) is 71.7 Å². The molecule has 10 nitrogen and oxygen atoms in total. The summed E-state index contributed by atoms with van der Waals surface area (Å²) in [4.78, 5) is 0. The van der Waals surface area contributed by atoms with Crippen LogP contribution in [0.1, 0.15) is 54.4 Å². The molecule has 1 atom stereocenters. The minimum absolute atomic E-state index is 0.331. The van der Waals surface area contributed by atoms with Crippen molar-refractivity contribution in [1.29, 1.82) is 0 Å². The van der Waals surface area contributed by atoms with Gasteiger partial charge < -0.3 is 47.5 Å². The molecule has 40 heavy (non-hydrogen) atoms. The Labute approximate surface area is 248 Å². The van der Waals surface area contributed by atoms with Crippen LogP contribution < -0.4 is 16.7 Å². The quantitative estimate of drug-likeness (QED) is 0.0913. The molecule has 1 aromatic rings. The van der Waals surface area contributed by atoms with Crippen LogP contribution in [-0.4, -0.2) is 100.0 Å². The highest BCUT2D eigenvalue weighted by Gasteiger charge is 2.40. The third-order valence-corrected chi connectivity index (χ3v) is 12.4. The van der Waals surface area contributed by atoms with Crippen LogP contribution in [0, 0.1) is 0 Å². The molecule has 2 rings (SSSR count). The second kappa shape index (κ2) is 24.9. The zero-order valence-electron chi connectivity index (χ0n) is 26.2. The zero-order chi connectivity index (χ0) is 30.1. The van der Waals surface area contributed by atoms with Crippen LogP contribution in [-0.2, 0) is 36.0 Å². The van der Waals surface area contributed by atoms with Gasteiger partial charge in [-0.15, -0.1) is 0 Å². The Morgan fingerprint density at radius 2 is 1.15 bits per heavy atom. The van der Waals surface area contributed by atoms with E-state index in [0.29, 0.717) is 65.5 Å². The zero-order valence-corrected chi connectivity index (χ0v) is 30.2. The predicted octanol–water partition coefficient (Wildman–Crippen LogP) is 2.48. The Kier molecular flexibility index (Phi) is 24.4. The summed E-state index contributed by atoms with van der Waals surface area (Å²) in [6.07, 6.45) is 2.13. The van der Waals surface area contributed by atoms with Gasteiger partial charge in [0, 0.05) is 74.3 Å². The second-order valence-electron chi connectivity index (χ2n) is 8.90. The second-order valence-corrected chi connectivity index (χ2v) is 15.5. The predicted molar refractivity (Wildman–Crippen MR) is 170 cm³/mol. The van der Waals surface area contributed by atoms with E-state index >= 15 is 0 Å². The van der Waals surface area contributed by atoms with Gasteiger partial charge in [-0.1, -0.05) is 17.3 Å². The number of rotatable bonds is 21. The van der Waals surface area contributed by atoms with Crippen LogP contribution in [0.15, 0.2) is 24.3 Å². The average molecular weight is 623 g/mol. The molecule has 13 heteroatoms. The number of benzene rings is 1. The van der Waals surface area contributed by atoms with Crippen molar-refractivity contribution in [3.05, 3.63) is 24.3 Å². The standard InChI is InChI=1S/C12H26O5Si.C9H23NO3Si.C6H9NSi/c1-4-15-18(16-5-2,17-6-3)9-7-8-13-10-12-11-14-12;1-4-11-14(12-5-2,13-6-3)9-7-8-10;7-5-1-3-6(8)4-2-5/h12H,4-11H2,1-3H3;4-10H2,1-3H3;1-4H,7H2,8H3. The summed E-state index contributed by atoms with van der Waals surface area (Å²) in [5.41, 5.74) is 11.8. The molecule has 1 unspecified atom stereocenters. The third kappa shape index (κ3) is 19.4. The highest BCUT2D eigenvalue weighted by atomic mass is 28.4. The summed E-state index contributed by atoms with van der Waals surface area (Å²) >= 11 is 0. The van der Waals surface area contributed by atoms with Gasteiger partial charge in [-0.05, 0) is 73.1 Å². The maximum absolute atomic E-state index is 5.76. The molecule has 1 fully saturated rings. The van der Waals surface area contributed by atoms with E-state index in [-0.39, 0.29) is 0 Å². The number of hydrogen-bond acceptors (Lipinski definition) is 10. The molecule has 0 radical (unpaired) electrons. The Balaban J connectivity index is 0.000000612. The molecule has 1 heterocycles. The Hall–Kier alpha value is -0.689. The molecular weight excluding hydrogens is 565 g/mol. The number of ether oxygens (including phenoxy) is 2. The van der Waals surface area contributed by atoms with Gasteiger partial charge in [0.05, 0.1) is 13.2 Å². The summed E-state index contributed by atoms with van der Waals surface area (Å²) in [6, 6.07) is 9.61. The number of nitrogen functional groups attached to an aromatic ring is 1. The van der Waals surface area contributed by atoms with E-state index in [9.17, 15) is 0 Å². The van der Waals surface area contributed by atoms with Crippen molar-refractivity contribution >= 4 is 38.7 Å². The van der Waals surface area contributed by atoms with Gasteiger partial charge in [0.25, 0.3) is 0 Å². The lowest BCUT2D eigenvalue weighted by Gasteiger charge is -2.28. The van der Waals surface area contributed by atoms with Crippen LogP contribution in [0.2, 0.25) is 12.1 Å². The van der Waals surface area contributed by atoms with Crippen molar-refractivity contribution in [3.63, 3.8) is 0 Å². The lowest BCUT2D eigenvalue weighted by atomic mass is 10.3. The summed E-state index contributed by atoms with van der Waals surface area (Å²) in [6.45, 7) is 18.5. The average Bonchev–Trinajstić information content (AvgIpc) is 3.75. The molecule has 4 N–H and O–H groups in total. The van der Waals surface area contributed by atoms with Gasteiger partial charge in [0.15, 0.2) is 0 Å². The van der Waals surface area contributed by atoms with E-state index in [2.05, 4.69) is 12.1 Å². The highest BCUT2D eigenvalue weighted by molar-refractivity contribution is 6.61. The molecule has 0 aliphatic carbocycles. The largest absolute Gasteiger partial charge is 0.501 e. The van der Waals surface area contributed by atoms with Crippen LogP contribution >= 0.6 is 0 Å². The van der Waals surface area contributed by atoms with Gasteiger partial charge >= 0.3 is 17.6 Å². The van der Waals surface area contributed by atoms with Crippen LogP contribution in [0.25, 0.3) is 0 Å². The van der Waals surface area contributed by atoms with Crippen molar-refractivity contribution in [2.45, 2.75) is 72.6 Å². The van der Waals surface area contributed by atoms with Crippen molar-refractivity contribution in [1.82, 2.24) is 0 Å². The van der Waals surface area contributed by atoms with E-state index < -0.39 is 17.6 Å². The lowest BCUT2D eigenvalue weighted by molar-refractivity contribution is 0.0648. The Morgan fingerprint density at radius 3 is 1.48 bits per heavy atom. The molecule has 0 amide bonds. The summed E-state index contributed by atoms with van der Waals surface area (Å²) in [7, 11) is -3.75. The number of nitrogens with two attached hydrogens (primary N) is 2. The maximum atomic E-state index is 5.76. The topological polar surface area (TPSA) is 129 Å². The van der Waals surface area contributed by atoms with E-state index in [1.165, 1.54) is 5.19 Å². The molecule has 0 aromatic heterocycles. The summed E-state index contributed by atoms with van der Waals surface area (Å²) in [5, 5.41) is 1.39. The van der Waals surface area contributed by atoms with Gasteiger partial charge in [-0.25, -0.2) is 0 Å². The normalized spacial score (nSPS) is 14.7. The minimum atomic E-state index is -2.47. The molecule has 0 spiro atoms. The van der Waals surface area contributed by atoms with E-state index in [1.54, 1.807) is 0 Å². The summed E-state index contributed by atoms with van der Waals surface area (Å²) in [5.74, 6) is 0. The number of epoxide rings is 1. The summed E-state index contributed by atoms with van der Waals surface area (Å²) < 4.78 is 44.8. The Morgan fingerprint density at radius 1 is 0.750 bits per heavy atom. The molecule has 1 aliphatic rings. The Bertz CT molecular complexity index is 648. The van der Waals surface area contributed by atoms with Crippen molar-refractivity contribution < 1.29 is 36.0 Å². The van der Waals surface area contributed by atoms with Crippen molar-refractivity contribution in [3.8, 4) is 0 Å². The third-order valence-electron chi connectivity index (χ3n) is 5.43. The smallest absolute Gasteiger partial charge is 0.399 e. The van der Waals surface area contributed by atoms with Crippen LogP contribution in [0.3, 0.4) is 0 Å². The fourth-order valence-electron chi connectivity index (χ4n) is 3.66. The van der Waals surface area contributed by atoms with Gasteiger partial charge in [-0.3, -0.25) is 0 Å². The molecular formula is C27H58N2O8Si3. The molecule has 236 valence electrons. The fourth-order valence-corrected chi connectivity index (χ4v) is 9.21. The first-order chi connectivity index (χ1) is 19.3. The fraction of sp³-hybridized carbons (Fsp3) is 0.778. The van der Waals surface area contributed by atoms with Gasteiger partial charge in [0.1, 0.15) is 6.10 Å². The lowest BCUT2D eigenvalue weighted by Crippen LogP contribution is -2.46.